The second kappa shape index (κ2) is 7.06. The lowest BCUT2D eigenvalue weighted by Gasteiger charge is -2.09. The number of halogens is 1. The van der Waals surface area contributed by atoms with Gasteiger partial charge < -0.3 is 14.6 Å². The van der Waals surface area contributed by atoms with Crippen LogP contribution in [0.5, 0.6) is 0 Å². The summed E-state index contributed by atoms with van der Waals surface area (Å²) in [6, 6.07) is 7.24. The number of aromatic nitrogens is 1. The molecule has 1 aliphatic heterocycles. The van der Waals surface area contributed by atoms with Crippen molar-refractivity contribution < 1.29 is 23.5 Å². The summed E-state index contributed by atoms with van der Waals surface area (Å²) in [4.78, 5) is 36.5. The van der Waals surface area contributed by atoms with E-state index in [9.17, 15) is 18.8 Å². The summed E-state index contributed by atoms with van der Waals surface area (Å²) in [5.41, 5.74) is 3.28. The first-order valence-corrected chi connectivity index (χ1v) is 8.18. The molecule has 1 fully saturated rings. The topological polar surface area (TPSA) is 80.6 Å². The number of carbonyl (C=O) groups is 3. The zero-order valence-electron chi connectivity index (χ0n) is 15.1. The summed E-state index contributed by atoms with van der Waals surface area (Å²) in [5.74, 6) is -1.61. The van der Waals surface area contributed by atoms with Gasteiger partial charge in [0.15, 0.2) is 0 Å². The molecule has 140 valence electrons. The monoisotopic (exact) mass is 371 g/mol. The molecule has 2 aromatic rings. The van der Waals surface area contributed by atoms with E-state index in [0.29, 0.717) is 0 Å². The van der Waals surface area contributed by atoms with Crippen LogP contribution < -0.4 is 5.32 Å². The number of amides is 3. The smallest absolute Gasteiger partial charge is 0.329 e. The van der Waals surface area contributed by atoms with Gasteiger partial charge in [-0.1, -0.05) is 0 Å². The molecule has 3 amide bonds. The van der Waals surface area contributed by atoms with Crippen molar-refractivity contribution in [1.82, 2.24) is 14.8 Å². The molecule has 2 heterocycles. The number of ether oxygens (including phenoxy) is 1. The molecule has 8 heteroatoms. The van der Waals surface area contributed by atoms with Crippen LogP contribution in [-0.2, 0) is 14.3 Å². The summed E-state index contributed by atoms with van der Waals surface area (Å²) in [7, 11) is 1.18. The molecule has 7 nitrogen and oxygen atoms in total. The third-order valence-electron chi connectivity index (χ3n) is 4.33. The molecule has 1 aromatic heterocycles. The highest BCUT2D eigenvalue weighted by Gasteiger charge is 2.35. The third-order valence-corrected chi connectivity index (χ3v) is 4.33. The highest BCUT2D eigenvalue weighted by atomic mass is 19.1. The maximum atomic E-state index is 13.2. The lowest BCUT2D eigenvalue weighted by atomic mass is 10.2. The summed E-state index contributed by atoms with van der Waals surface area (Å²) in [5, 5.41) is 2.47. The first-order valence-electron chi connectivity index (χ1n) is 8.18. The van der Waals surface area contributed by atoms with E-state index in [4.69, 9.17) is 0 Å². The quantitative estimate of drug-likeness (QED) is 0.508. The Kier molecular flexibility index (Phi) is 4.81. The van der Waals surface area contributed by atoms with Crippen molar-refractivity contribution in [3.8, 4) is 5.69 Å². The summed E-state index contributed by atoms with van der Waals surface area (Å²) < 4.78 is 19.6. The van der Waals surface area contributed by atoms with Gasteiger partial charge >= 0.3 is 12.0 Å². The van der Waals surface area contributed by atoms with E-state index in [0.717, 1.165) is 27.5 Å². The molecule has 0 unspecified atom stereocenters. The van der Waals surface area contributed by atoms with Gasteiger partial charge in [-0.2, -0.15) is 0 Å². The molecule has 0 atom stereocenters. The van der Waals surface area contributed by atoms with Crippen LogP contribution in [0.1, 0.15) is 17.0 Å². The van der Waals surface area contributed by atoms with Crippen LogP contribution >= 0.6 is 0 Å². The van der Waals surface area contributed by atoms with Crippen molar-refractivity contribution in [2.75, 3.05) is 13.7 Å². The SMILES string of the molecule is COC(=O)CN1C(=O)N/C(=C/c2cc(C)n(-c3ccc(F)cc3)c2C)C1=O. The fraction of sp³-hybridized carbons (Fsp3) is 0.211. The number of methoxy groups -OCH3 is 1. The van der Waals surface area contributed by atoms with Crippen molar-refractivity contribution in [3.05, 3.63) is 58.8 Å². The Hall–Kier alpha value is -3.42. The number of rotatable bonds is 4. The van der Waals surface area contributed by atoms with Crippen LogP contribution in [-0.4, -0.2) is 41.0 Å². The van der Waals surface area contributed by atoms with Crippen LogP contribution in [0, 0.1) is 19.7 Å². The molecule has 3 rings (SSSR count). The van der Waals surface area contributed by atoms with Crippen LogP contribution in [0.25, 0.3) is 11.8 Å². The molecule has 1 aromatic carbocycles. The van der Waals surface area contributed by atoms with E-state index in [2.05, 4.69) is 10.1 Å². The molecule has 0 spiro atoms. The summed E-state index contributed by atoms with van der Waals surface area (Å²) in [6.45, 7) is 3.29. The number of nitrogens with zero attached hydrogens (tertiary/aromatic N) is 2. The Balaban J connectivity index is 1.93. The van der Waals surface area contributed by atoms with E-state index in [1.54, 1.807) is 18.2 Å². The maximum absolute atomic E-state index is 13.2. The minimum Gasteiger partial charge on any atom is -0.468 e. The fourth-order valence-corrected chi connectivity index (χ4v) is 2.99. The van der Waals surface area contributed by atoms with Crippen molar-refractivity contribution in [1.29, 1.82) is 0 Å². The number of aryl methyl sites for hydroxylation is 1. The van der Waals surface area contributed by atoms with Crippen molar-refractivity contribution in [2.45, 2.75) is 13.8 Å². The Morgan fingerprint density at radius 2 is 1.89 bits per heavy atom. The number of imide groups is 1. The normalized spacial score (nSPS) is 15.4. The van der Waals surface area contributed by atoms with Crippen LogP contribution in [0.15, 0.2) is 36.0 Å². The first-order chi connectivity index (χ1) is 12.8. The molecule has 0 saturated carbocycles. The van der Waals surface area contributed by atoms with Crippen molar-refractivity contribution >= 4 is 24.0 Å². The summed E-state index contributed by atoms with van der Waals surface area (Å²) in [6.07, 6.45) is 1.56. The Morgan fingerprint density at radius 3 is 2.52 bits per heavy atom. The fourth-order valence-electron chi connectivity index (χ4n) is 2.99. The molecule has 1 saturated heterocycles. The second-order valence-corrected chi connectivity index (χ2v) is 6.09. The number of urea groups is 1. The highest BCUT2D eigenvalue weighted by Crippen LogP contribution is 2.24. The minimum absolute atomic E-state index is 0.0725. The molecule has 0 bridgehead atoms. The van der Waals surface area contributed by atoms with Crippen LogP contribution in [0.2, 0.25) is 0 Å². The van der Waals surface area contributed by atoms with E-state index in [-0.39, 0.29) is 11.5 Å². The molecule has 1 N–H and O–H groups in total. The minimum atomic E-state index is -0.686. The molecule has 0 radical (unpaired) electrons. The van der Waals surface area contributed by atoms with Crippen molar-refractivity contribution in [2.24, 2.45) is 0 Å². The van der Waals surface area contributed by atoms with Gasteiger partial charge in [0, 0.05) is 17.1 Å². The summed E-state index contributed by atoms with van der Waals surface area (Å²) >= 11 is 0. The van der Waals surface area contributed by atoms with E-state index in [1.807, 2.05) is 24.5 Å². The standard InChI is InChI=1S/C19H18FN3O4/c1-11-8-13(12(2)23(11)15-6-4-14(20)5-7-15)9-16-18(25)22(19(26)21-16)10-17(24)27-3/h4-9H,10H2,1-3H3,(H,21,26)/b16-9+. The largest absolute Gasteiger partial charge is 0.468 e. The molecular formula is C19H18FN3O4. The average molecular weight is 371 g/mol. The number of hydrogen-bond donors (Lipinski definition) is 1. The number of benzene rings is 1. The lowest BCUT2D eigenvalue weighted by molar-refractivity contribution is -0.143. The predicted molar refractivity (Wildman–Crippen MR) is 95.4 cm³/mol. The Morgan fingerprint density at radius 1 is 1.22 bits per heavy atom. The number of nitrogens with one attached hydrogen (secondary N) is 1. The van der Waals surface area contributed by atoms with Gasteiger partial charge in [0.25, 0.3) is 5.91 Å². The lowest BCUT2D eigenvalue weighted by Crippen LogP contribution is -2.36. The average Bonchev–Trinajstić information content (AvgIpc) is 3.06. The van der Waals surface area contributed by atoms with Gasteiger partial charge in [-0.25, -0.2) is 14.1 Å². The maximum Gasteiger partial charge on any atom is 0.329 e. The van der Waals surface area contributed by atoms with Gasteiger partial charge in [0.2, 0.25) is 0 Å². The molecule has 0 aliphatic carbocycles. The Labute approximate surface area is 155 Å². The van der Waals surface area contributed by atoms with Crippen molar-refractivity contribution in [3.63, 3.8) is 0 Å². The second-order valence-electron chi connectivity index (χ2n) is 6.09. The zero-order chi connectivity index (χ0) is 19.7. The van der Waals surface area contributed by atoms with E-state index >= 15 is 0 Å². The van der Waals surface area contributed by atoms with Gasteiger partial charge in [0.05, 0.1) is 7.11 Å². The number of esters is 1. The zero-order valence-corrected chi connectivity index (χ0v) is 15.1. The van der Waals surface area contributed by atoms with E-state index < -0.39 is 24.5 Å². The molecular weight excluding hydrogens is 353 g/mol. The molecule has 1 aliphatic rings. The number of carbonyl (C=O) groups excluding carboxylic acids is 3. The van der Waals surface area contributed by atoms with Gasteiger partial charge in [-0.3, -0.25) is 9.59 Å². The van der Waals surface area contributed by atoms with Crippen LogP contribution in [0.4, 0.5) is 9.18 Å². The predicted octanol–water partition coefficient (Wildman–Crippen LogP) is 2.30. The van der Waals surface area contributed by atoms with Gasteiger partial charge in [-0.15, -0.1) is 0 Å². The van der Waals surface area contributed by atoms with Gasteiger partial charge in [0.1, 0.15) is 18.1 Å². The third kappa shape index (κ3) is 3.46. The Bertz CT molecular complexity index is 960. The number of hydrogen-bond acceptors (Lipinski definition) is 4. The highest BCUT2D eigenvalue weighted by molar-refractivity contribution is 6.15. The first kappa shape index (κ1) is 18.4. The van der Waals surface area contributed by atoms with Crippen LogP contribution in [0.3, 0.4) is 0 Å². The molecule has 27 heavy (non-hydrogen) atoms. The van der Waals surface area contributed by atoms with Gasteiger partial charge in [-0.05, 0) is 55.8 Å². The van der Waals surface area contributed by atoms with E-state index in [1.165, 1.54) is 19.2 Å².